The molecule has 0 bridgehead atoms. The first kappa shape index (κ1) is 22.9. The normalized spacial score (nSPS) is 11.4. The zero-order valence-electron chi connectivity index (χ0n) is 19.1. The Bertz CT molecular complexity index is 1630. The zero-order valence-corrected chi connectivity index (χ0v) is 20.0. The van der Waals surface area contributed by atoms with Crippen LogP contribution >= 0.6 is 11.3 Å². The largest absolute Gasteiger partial charge is 0.346 e. The summed E-state index contributed by atoms with van der Waals surface area (Å²) >= 11 is 1.60. The lowest BCUT2D eigenvalue weighted by atomic mass is 10.1. The van der Waals surface area contributed by atoms with Crippen LogP contribution in [-0.4, -0.2) is 25.1 Å². The van der Waals surface area contributed by atoms with Crippen LogP contribution in [0.15, 0.2) is 59.7 Å². The van der Waals surface area contributed by atoms with Crippen molar-refractivity contribution in [2.75, 3.05) is 0 Å². The van der Waals surface area contributed by atoms with E-state index in [0.717, 1.165) is 38.5 Å². The molecular weight excluding hydrogens is 470 g/mol. The van der Waals surface area contributed by atoms with Crippen molar-refractivity contribution < 1.29 is 13.6 Å². The molecule has 35 heavy (non-hydrogen) atoms. The third-order valence-electron chi connectivity index (χ3n) is 6.20. The first-order valence-electron chi connectivity index (χ1n) is 11.1. The van der Waals surface area contributed by atoms with Gasteiger partial charge in [0.2, 0.25) is 0 Å². The summed E-state index contributed by atoms with van der Waals surface area (Å²) in [6.45, 7) is 1.75. The lowest BCUT2D eigenvalue weighted by Gasteiger charge is -2.08. The lowest BCUT2D eigenvalue weighted by molar-refractivity contribution is 0.0981. The molecule has 0 fully saturated rings. The third kappa shape index (κ3) is 4.35. The third-order valence-corrected chi connectivity index (χ3v) is 7.39. The summed E-state index contributed by atoms with van der Waals surface area (Å²) in [6, 6.07) is 11.6. The maximum atomic E-state index is 13.6. The van der Waals surface area contributed by atoms with Crippen LogP contribution in [0, 0.1) is 18.6 Å². The number of aromatic amines is 1. The Morgan fingerprint density at radius 2 is 1.94 bits per heavy atom. The number of ketones is 1. The molecule has 4 heterocycles. The van der Waals surface area contributed by atoms with Crippen LogP contribution in [-0.2, 0) is 20.0 Å². The Kier molecular flexibility index (Phi) is 5.94. The fraction of sp³-hybridized carbons (Fsp3) is 0.192. The summed E-state index contributed by atoms with van der Waals surface area (Å²) in [5, 5.41) is 1.03. The van der Waals surface area contributed by atoms with Crippen LogP contribution in [0.3, 0.4) is 0 Å². The molecule has 0 saturated heterocycles. The number of hydrogen-bond donors (Lipinski definition) is 1. The van der Waals surface area contributed by atoms with E-state index < -0.39 is 17.2 Å². The van der Waals surface area contributed by atoms with Crippen molar-refractivity contribution in [2.24, 2.45) is 7.05 Å². The topological polar surface area (TPSA) is 72.7 Å². The van der Waals surface area contributed by atoms with Gasteiger partial charge in [-0.15, -0.1) is 11.3 Å². The molecule has 0 amide bonds. The molecule has 0 atom stereocenters. The number of pyridine rings is 1. The van der Waals surface area contributed by atoms with Gasteiger partial charge in [0.1, 0.15) is 11.2 Å². The van der Waals surface area contributed by atoms with Crippen molar-refractivity contribution in [1.29, 1.82) is 0 Å². The second kappa shape index (κ2) is 9.07. The smallest absolute Gasteiger partial charge is 0.278 e. The molecule has 1 aromatic carbocycles. The van der Waals surface area contributed by atoms with Crippen molar-refractivity contribution in [2.45, 2.75) is 26.3 Å². The number of fused-ring (bicyclic) bond motifs is 1. The Morgan fingerprint density at radius 3 is 2.74 bits per heavy atom. The minimum Gasteiger partial charge on any atom is -0.346 e. The molecule has 6 nitrogen and oxygen atoms in total. The van der Waals surface area contributed by atoms with Gasteiger partial charge >= 0.3 is 0 Å². The van der Waals surface area contributed by atoms with Gasteiger partial charge in [0.05, 0.1) is 6.54 Å². The van der Waals surface area contributed by atoms with Gasteiger partial charge in [-0.3, -0.25) is 14.3 Å². The number of rotatable bonds is 7. The van der Waals surface area contributed by atoms with Crippen molar-refractivity contribution in [3.05, 3.63) is 98.5 Å². The molecule has 5 aromatic rings. The standard InChI is InChI=1S/C26H22F2N4O2S/c1-15-24(26(34)32(31(15)2)14-16-3-6-20(27)21(28)11-16)22(33)7-4-19-5-8-23(35-19)18-12-17-9-10-29-25(17)30-13-18/h3,5-6,8-13H,4,7,14H2,1-2H3,(H,29,30). The first-order chi connectivity index (χ1) is 16.8. The van der Waals surface area contributed by atoms with E-state index in [4.69, 9.17) is 0 Å². The number of nitrogens with one attached hydrogen (secondary N) is 1. The average Bonchev–Trinajstić information content (AvgIpc) is 3.55. The van der Waals surface area contributed by atoms with Crippen LogP contribution < -0.4 is 5.56 Å². The highest BCUT2D eigenvalue weighted by molar-refractivity contribution is 7.15. The van der Waals surface area contributed by atoms with E-state index in [0.29, 0.717) is 17.7 Å². The van der Waals surface area contributed by atoms with Crippen molar-refractivity contribution in [1.82, 2.24) is 19.3 Å². The molecule has 9 heteroatoms. The van der Waals surface area contributed by atoms with Crippen LogP contribution in [0.25, 0.3) is 21.5 Å². The highest BCUT2D eigenvalue weighted by Crippen LogP contribution is 2.30. The van der Waals surface area contributed by atoms with E-state index in [1.54, 1.807) is 30.0 Å². The Balaban J connectivity index is 1.32. The second-order valence-corrected chi connectivity index (χ2v) is 9.59. The molecule has 0 spiro atoms. The van der Waals surface area contributed by atoms with E-state index in [-0.39, 0.29) is 24.3 Å². The van der Waals surface area contributed by atoms with Crippen LogP contribution in [0.1, 0.15) is 32.9 Å². The highest BCUT2D eigenvalue weighted by Gasteiger charge is 2.21. The Morgan fingerprint density at radius 1 is 1.11 bits per heavy atom. The van der Waals surface area contributed by atoms with Gasteiger partial charge in [-0.2, -0.15) is 0 Å². The number of H-pyrrole nitrogens is 1. The lowest BCUT2D eigenvalue weighted by Crippen LogP contribution is -2.25. The number of Topliss-reactive ketones (excluding diaryl/α,β-unsaturated/α-hetero) is 1. The van der Waals surface area contributed by atoms with Gasteiger partial charge < -0.3 is 4.98 Å². The molecule has 0 radical (unpaired) electrons. The molecule has 0 aliphatic rings. The maximum absolute atomic E-state index is 13.6. The van der Waals surface area contributed by atoms with E-state index in [1.807, 2.05) is 30.6 Å². The fourth-order valence-electron chi connectivity index (χ4n) is 4.18. The molecule has 178 valence electrons. The molecule has 0 aliphatic heterocycles. The molecule has 0 aliphatic carbocycles. The van der Waals surface area contributed by atoms with E-state index in [2.05, 4.69) is 16.0 Å². The number of aromatic nitrogens is 4. The number of thiophene rings is 1. The summed E-state index contributed by atoms with van der Waals surface area (Å²) in [5.74, 6) is -2.16. The molecule has 1 N–H and O–H groups in total. The van der Waals surface area contributed by atoms with Gasteiger partial charge in [0.25, 0.3) is 5.56 Å². The SMILES string of the molecule is Cc1c(C(=O)CCc2ccc(-c3cnc4[nH]ccc4c3)s2)c(=O)n(Cc2ccc(F)c(F)c2)n1C. The van der Waals surface area contributed by atoms with Gasteiger partial charge in [0, 0.05) is 52.3 Å². The molecule has 5 rings (SSSR count). The highest BCUT2D eigenvalue weighted by atomic mass is 32.1. The van der Waals surface area contributed by atoms with Gasteiger partial charge in [0.15, 0.2) is 17.4 Å². The quantitative estimate of drug-likeness (QED) is 0.316. The number of carbonyl (C=O) groups is 1. The number of halogens is 2. The first-order valence-corrected chi connectivity index (χ1v) is 11.9. The summed E-state index contributed by atoms with van der Waals surface area (Å²) in [7, 11) is 1.67. The van der Waals surface area contributed by atoms with E-state index in [9.17, 15) is 18.4 Å². The Labute approximate surface area is 203 Å². The predicted octanol–water partition coefficient (Wildman–Crippen LogP) is 5.24. The molecule has 0 saturated carbocycles. The zero-order chi connectivity index (χ0) is 24.7. The monoisotopic (exact) mass is 492 g/mol. The number of benzene rings is 1. The average molecular weight is 493 g/mol. The Hall–Kier alpha value is -3.85. The van der Waals surface area contributed by atoms with E-state index >= 15 is 0 Å². The summed E-state index contributed by atoms with van der Waals surface area (Å²) in [5.41, 5.74) is 2.53. The van der Waals surface area contributed by atoms with Crippen molar-refractivity contribution in [3.8, 4) is 10.4 Å². The van der Waals surface area contributed by atoms with Gasteiger partial charge in [-0.25, -0.2) is 18.4 Å². The predicted molar refractivity (Wildman–Crippen MR) is 132 cm³/mol. The molecular formula is C26H22F2N4O2S. The van der Waals surface area contributed by atoms with Gasteiger partial charge in [-0.05, 0) is 55.3 Å². The van der Waals surface area contributed by atoms with Crippen molar-refractivity contribution >= 4 is 28.2 Å². The van der Waals surface area contributed by atoms with Crippen LogP contribution in [0.5, 0.6) is 0 Å². The van der Waals surface area contributed by atoms with Gasteiger partial charge in [-0.1, -0.05) is 6.07 Å². The van der Waals surface area contributed by atoms with Crippen LogP contribution in [0.2, 0.25) is 0 Å². The minimum absolute atomic E-state index is 0.0362. The fourth-order valence-corrected chi connectivity index (χ4v) is 5.16. The number of hydrogen-bond acceptors (Lipinski definition) is 4. The van der Waals surface area contributed by atoms with E-state index in [1.165, 1.54) is 10.7 Å². The van der Waals surface area contributed by atoms with Crippen LogP contribution in [0.4, 0.5) is 8.78 Å². The molecule has 4 aromatic heterocycles. The van der Waals surface area contributed by atoms with Crippen molar-refractivity contribution in [3.63, 3.8) is 0 Å². The number of aryl methyl sites for hydroxylation is 1. The minimum atomic E-state index is -0.975. The summed E-state index contributed by atoms with van der Waals surface area (Å²) in [6.07, 6.45) is 4.38. The summed E-state index contributed by atoms with van der Waals surface area (Å²) in [4.78, 5) is 35.7. The maximum Gasteiger partial charge on any atom is 0.278 e. The number of nitrogens with zero attached hydrogens (tertiary/aromatic N) is 3. The number of carbonyl (C=O) groups excluding carboxylic acids is 1. The summed E-state index contributed by atoms with van der Waals surface area (Å²) < 4.78 is 29.8. The molecule has 0 unspecified atom stereocenters. The second-order valence-electron chi connectivity index (χ2n) is 8.42.